The predicted octanol–water partition coefficient (Wildman–Crippen LogP) is 0.0596. The van der Waals surface area contributed by atoms with Gasteiger partial charge in [-0.15, -0.1) is 0 Å². The van der Waals surface area contributed by atoms with Gasteiger partial charge in [0.25, 0.3) is 0 Å². The summed E-state index contributed by atoms with van der Waals surface area (Å²) in [6.07, 6.45) is 0.273. The zero-order valence-corrected chi connectivity index (χ0v) is 10.4. The number of aliphatic hydroxyl groups is 1. The summed E-state index contributed by atoms with van der Waals surface area (Å²) in [5.41, 5.74) is 5.57. The quantitative estimate of drug-likeness (QED) is 0.726. The lowest BCUT2D eigenvalue weighted by Gasteiger charge is -2.18. The molecule has 0 aromatic carbocycles. The first kappa shape index (κ1) is 13.4. The molecule has 3 N–H and O–H groups in total. The molecule has 17 heavy (non-hydrogen) atoms. The van der Waals surface area contributed by atoms with Crippen LogP contribution in [-0.2, 0) is 0 Å². The first-order valence-electron chi connectivity index (χ1n) is 5.56. The summed E-state index contributed by atoms with van der Waals surface area (Å²) in [6.45, 7) is 4.69. The lowest BCUT2D eigenvalue weighted by Crippen LogP contribution is -2.24. The minimum atomic E-state index is -0.358. The topological polar surface area (TPSA) is 97.4 Å². The van der Waals surface area contributed by atoms with Crippen LogP contribution in [0.4, 0.5) is 11.9 Å². The zero-order chi connectivity index (χ0) is 12.8. The van der Waals surface area contributed by atoms with Gasteiger partial charge in [-0.05, 0) is 20.3 Å². The summed E-state index contributed by atoms with van der Waals surface area (Å²) in [6, 6.07) is 0.221. The average Bonchev–Trinajstić information content (AvgIpc) is 2.25. The Balaban J connectivity index is 2.74. The van der Waals surface area contributed by atoms with Crippen molar-refractivity contribution in [1.29, 1.82) is 0 Å². The molecule has 0 aliphatic heterocycles. The molecule has 0 fully saturated rings. The van der Waals surface area contributed by atoms with Crippen LogP contribution in [0.15, 0.2) is 0 Å². The molecule has 0 radical (unpaired) electrons. The molecule has 1 unspecified atom stereocenters. The predicted molar refractivity (Wildman–Crippen MR) is 65.0 cm³/mol. The number of nitrogens with two attached hydrogens (primary N) is 1. The van der Waals surface area contributed by atoms with Gasteiger partial charge in [-0.1, -0.05) is 0 Å². The SMILES string of the molecule is CCOc1nc(N)nc(N(C)CCC(C)O)n1. The lowest BCUT2D eigenvalue weighted by atomic mass is 10.3. The van der Waals surface area contributed by atoms with E-state index in [4.69, 9.17) is 10.5 Å². The van der Waals surface area contributed by atoms with Crippen LogP contribution in [0.5, 0.6) is 6.01 Å². The van der Waals surface area contributed by atoms with Crippen molar-refractivity contribution in [3.8, 4) is 6.01 Å². The molecule has 0 amide bonds. The number of nitrogens with zero attached hydrogens (tertiary/aromatic N) is 4. The van der Waals surface area contributed by atoms with E-state index >= 15 is 0 Å². The molecule has 0 spiro atoms. The Kier molecular flexibility index (Phi) is 4.89. The fraction of sp³-hybridized carbons (Fsp3) is 0.700. The largest absolute Gasteiger partial charge is 0.464 e. The van der Waals surface area contributed by atoms with E-state index in [0.29, 0.717) is 25.5 Å². The van der Waals surface area contributed by atoms with Crippen molar-refractivity contribution in [1.82, 2.24) is 15.0 Å². The highest BCUT2D eigenvalue weighted by Gasteiger charge is 2.10. The normalized spacial score (nSPS) is 12.2. The van der Waals surface area contributed by atoms with Gasteiger partial charge in [0.1, 0.15) is 0 Å². The third-order valence-corrected chi connectivity index (χ3v) is 2.12. The number of rotatable bonds is 6. The number of aromatic nitrogens is 3. The van der Waals surface area contributed by atoms with Crippen LogP contribution < -0.4 is 15.4 Å². The second-order valence-electron chi connectivity index (χ2n) is 3.77. The first-order valence-corrected chi connectivity index (χ1v) is 5.56. The van der Waals surface area contributed by atoms with Crippen molar-refractivity contribution in [2.24, 2.45) is 0 Å². The Morgan fingerprint density at radius 3 is 2.71 bits per heavy atom. The van der Waals surface area contributed by atoms with Crippen LogP contribution >= 0.6 is 0 Å². The molecular weight excluding hydrogens is 222 g/mol. The summed E-state index contributed by atoms with van der Waals surface area (Å²) in [5.74, 6) is 0.573. The third kappa shape index (κ3) is 4.39. The lowest BCUT2D eigenvalue weighted by molar-refractivity contribution is 0.186. The Morgan fingerprint density at radius 1 is 1.41 bits per heavy atom. The van der Waals surface area contributed by atoms with Crippen LogP contribution in [0.1, 0.15) is 20.3 Å². The molecule has 0 bridgehead atoms. The number of hydrogen-bond donors (Lipinski definition) is 2. The molecule has 0 aliphatic carbocycles. The molecule has 0 saturated heterocycles. The van der Waals surface area contributed by atoms with Crippen LogP contribution in [0.2, 0.25) is 0 Å². The monoisotopic (exact) mass is 241 g/mol. The third-order valence-electron chi connectivity index (χ3n) is 2.12. The zero-order valence-electron chi connectivity index (χ0n) is 10.4. The van der Waals surface area contributed by atoms with Crippen LogP contribution in [-0.4, -0.2) is 46.4 Å². The van der Waals surface area contributed by atoms with E-state index in [1.54, 1.807) is 11.8 Å². The molecule has 0 aliphatic rings. The van der Waals surface area contributed by atoms with Crippen LogP contribution in [0.25, 0.3) is 0 Å². The average molecular weight is 241 g/mol. The number of ether oxygens (including phenoxy) is 1. The molecule has 96 valence electrons. The Labute approximate surface area is 101 Å². The van der Waals surface area contributed by atoms with Crippen molar-refractivity contribution in [2.45, 2.75) is 26.4 Å². The minimum Gasteiger partial charge on any atom is -0.464 e. The van der Waals surface area contributed by atoms with Crippen molar-refractivity contribution in [3.05, 3.63) is 0 Å². The van der Waals surface area contributed by atoms with Gasteiger partial charge >= 0.3 is 6.01 Å². The van der Waals surface area contributed by atoms with Gasteiger partial charge in [-0.3, -0.25) is 0 Å². The number of aliphatic hydroxyl groups excluding tert-OH is 1. The highest BCUT2D eigenvalue weighted by Crippen LogP contribution is 2.12. The molecule has 1 rings (SSSR count). The smallest absolute Gasteiger partial charge is 0.323 e. The van der Waals surface area contributed by atoms with Gasteiger partial charge in [0, 0.05) is 13.6 Å². The first-order chi connectivity index (χ1) is 8.02. The number of anilines is 2. The molecule has 7 heteroatoms. The maximum Gasteiger partial charge on any atom is 0.323 e. The maximum atomic E-state index is 9.21. The van der Waals surface area contributed by atoms with E-state index in [0.717, 1.165) is 0 Å². The van der Waals surface area contributed by atoms with E-state index < -0.39 is 0 Å². The Morgan fingerprint density at radius 2 is 2.12 bits per heavy atom. The second kappa shape index (κ2) is 6.19. The van der Waals surface area contributed by atoms with E-state index in [1.807, 2.05) is 14.0 Å². The Bertz CT molecular complexity index is 359. The van der Waals surface area contributed by atoms with E-state index in [1.165, 1.54) is 0 Å². The molecule has 1 atom stereocenters. The van der Waals surface area contributed by atoms with Crippen molar-refractivity contribution >= 4 is 11.9 Å². The fourth-order valence-corrected chi connectivity index (χ4v) is 1.21. The Hall–Kier alpha value is -1.63. The van der Waals surface area contributed by atoms with Gasteiger partial charge < -0.3 is 20.5 Å². The fourth-order valence-electron chi connectivity index (χ4n) is 1.21. The standard InChI is InChI=1S/C10H19N5O2/c1-4-17-10-13-8(11)12-9(14-10)15(3)6-5-7(2)16/h7,16H,4-6H2,1-3H3,(H2,11,12,13,14). The summed E-state index contributed by atoms with van der Waals surface area (Å²) >= 11 is 0. The van der Waals surface area contributed by atoms with Crippen LogP contribution in [0.3, 0.4) is 0 Å². The molecule has 0 saturated carbocycles. The number of hydrogen-bond acceptors (Lipinski definition) is 7. The van der Waals surface area contributed by atoms with Crippen molar-refractivity contribution in [3.63, 3.8) is 0 Å². The summed E-state index contributed by atoms with van der Waals surface area (Å²) in [4.78, 5) is 13.8. The van der Waals surface area contributed by atoms with Gasteiger partial charge in [0.2, 0.25) is 11.9 Å². The highest BCUT2D eigenvalue weighted by atomic mass is 16.5. The summed E-state index contributed by atoms with van der Waals surface area (Å²) in [5, 5.41) is 9.21. The van der Waals surface area contributed by atoms with E-state index in [-0.39, 0.29) is 18.1 Å². The van der Waals surface area contributed by atoms with Gasteiger partial charge in [0.05, 0.1) is 12.7 Å². The molecular formula is C10H19N5O2. The molecule has 7 nitrogen and oxygen atoms in total. The van der Waals surface area contributed by atoms with Crippen molar-refractivity contribution in [2.75, 3.05) is 30.8 Å². The molecule has 1 aromatic rings. The van der Waals surface area contributed by atoms with Crippen LogP contribution in [0, 0.1) is 0 Å². The molecule has 1 heterocycles. The van der Waals surface area contributed by atoms with Gasteiger partial charge in [0.15, 0.2) is 0 Å². The highest BCUT2D eigenvalue weighted by molar-refractivity contribution is 5.34. The minimum absolute atomic E-state index is 0.127. The number of nitrogen functional groups attached to an aromatic ring is 1. The second-order valence-corrected chi connectivity index (χ2v) is 3.77. The van der Waals surface area contributed by atoms with Gasteiger partial charge in [-0.2, -0.15) is 15.0 Å². The maximum absolute atomic E-state index is 9.21. The summed E-state index contributed by atoms with van der Waals surface area (Å²) < 4.78 is 5.18. The van der Waals surface area contributed by atoms with E-state index in [9.17, 15) is 5.11 Å². The van der Waals surface area contributed by atoms with Gasteiger partial charge in [-0.25, -0.2) is 0 Å². The van der Waals surface area contributed by atoms with E-state index in [2.05, 4.69) is 15.0 Å². The molecule has 1 aromatic heterocycles. The summed E-state index contributed by atoms with van der Waals surface area (Å²) in [7, 11) is 1.83. The van der Waals surface area contributed by atoms with Crippen molar-refractivity contribution < 1.29 is 9.84 Å².